The topological polar surface area (TPSA) is 36.9 Å². The Morgan fingerprint density at radius 3 is 2.32 bits per heavy atom. The fourth-order valence-corrected chi connectivity index (χ4v) is 2.22. The fourth-order valence-electron chi connectivity index (χ4n) is 2.22. The third-order valence-electron chi connectivity index (χ3n) is 2.95. The lowest BCUT2D eigenvalue weighted by Crippen LogP contribution is -2.40. The quantitative estimate of drug-likeness (QED) is 0.683. The van der Waals surface area contributed by atoms with Crippen molar-refractivity contribution in [2.24, 2.45) is 0 Å². The van der Waals surface area contributed by atoms with Crippen LogP contribution in [0.5, 0.6) is 0 Å². The predicted molar refractivity (Wildman–Crippen MR) is 71.1 cm³/mol. The van der Waals surface area contributed by atoms with Crippen LogP contribution in [0.3, 0.4) is 0 Å². The largest absolute Gasteiger partial charge is 0.376 e. The number of ether oxygens (including phenoxy) is 4. The second kappa shape index (κ2) is 8.15. The van der Waals surface area contributed by atoms with Gasteiger partial charge in [-0.15, -0.1) is 0 Å². The molecule has 0 N–H and O–H groups in total. The third-order valence-corrected chi connectivity index (χ3v) is 2.95. The minimum absolute atomic E-state index is 0.0666. The van der Waals surface area contributed by atoms with Crippen molar-refractivity contribution in [3.8, 4) is 0 Å². The molecule has 0 unspecified atom stereocenters. The Kier molecular flexibility index (Phi) is 7.21. The Bertz CT molecular complexity index is 248. The molecule has 1 aliphatic heterocycles. The Labute approximate surface area is 115 Å². The summed E-state index contributed by atoms with van der Waals surface area (Å²) in [5, 5.41) is 0. The van der Waals surface area contributed by atoms with Crippen molar-refractivity contribution in [3.05, 3.63) is 0 Å². The first-order valence-electron chi connectivity index (χ1n) is 7.05. The van der Waals surface area contributed by atoms with E-state index in [1.807, 2.05) is 34.6 Å². The van der Waals surface area contributed by atoms with Crippen molar-refractivity contribution in [3.63, 3.8) is 0 Å². The molecule has 0 aliphatic carbocycles. The Morgan fingerprint density at radius 2 is 1.79 bits per heavy atom. The van der Waals surface area contributed by atoms with Crippen molar-refractivity contribution in [1.82, 2.24) is 0 Å². The highest BCUT2D eigenvalue weighted by molar-refractivity contribution is 4.91. The van der Waals surface area contributed by atoms with Gasteiger partial charge >= 0.3 is 0 Å². The molecule has 114 valence electrons. The lowest BCUT2D eigenvalue weighted by Gasteiger charge is -2.26. The van der Waals surface area contributed by atoms with Gasteiger partial charge in [0.05, 0.1) is 31.5 Å². The van der Waals surface area contributed by atoms with Gasteiger partial charge in [-0.1, -0.05) is 0 Å². The maximum Gasteiger partial charge on any atom is 0.115 e. The molecule has 0 bridgehead atoms. The van der Waals surface area contributed by atoms with Gasteiger partial charge in [0.1, 0.15) is 25.0 Å². The van der Waals surface area contributed by atoms with E-state index in [2.05, 4.69) is 0 Å². The van der Waals surface area contributed by atoms with Gasteiger partial charge in [-0.3, -0.25) is 0 Å². The molecular formula is C14H27FO4. The zero-order valence-electron chi connectivity index (χ0n) is 12.6. The second-order valence-electron chi connectivity index (χ2n) is 5.44. The highest BCUT2D eigenvalue weighted by atomic mass is 19.1. The fraction of sp³-hybridized carbons (Fsp3) is 1.00. The minimum Gasteiger partial charge on any atom is -0.376 e. The lowest BCUT2D eigenvalue weighted by molar-refractivity contribution is -0.104. The molecule has 0 spiro atoms. The van der Waals surface area contributed by atoms with Crippen LogP contribution in [-0.2, 0) is 18.9 Å². The van der Waals surface area contributed by atoms with Gasteiger partial charge < -0.3 is 18.9 Å². The number of rotatable bonds is 8. The van der Waals surface area contributed by atoms with Crippen LogP contribution >= 0.6 is 0 Å². The highest BCUT2D eigenvalue weighted by Gasteiger charge is 2.44. The molecule has 0 amide bonds. The van der Waals surface area contributed by atoms with E-state index in [9.17, 15) is 4.39 Å². The molecule has 1 rings (SSSR count). The standard InChI is InChI=1S/C14H27FO4/c1-9(2)17-8-12-14(18-10(3)4)13(11(5)19-12)16-7-6-15/h9-14H,6-8H2,1-5H3/t11-,12+,13-,14+/m0/s1. The summed E-state index contributed by atoms with van der Waals surface area (Å²) >= 11 is 0. The first kappa shape index (κ1) is 16.8. The highest BCUT2D eigenvalue weighted by Crippen LogP contribution is 2.28. The van der Waals surface area contributed by atoms with Crippen molar-refractivity contribution < 1.29 is 23.3 Å². The van der Waals surface area contributed by atoms with Crippen LogP contribution in [0.4, 0.5) is 4.39 Å². The van der Waals surface area contributed by atoms with E-state index in [0.29, 0.717) is 6.61 Å². The van der Waals surface area contributed by atoms with Crippen LogP contribution in [0.15, 0.2) is 0 Å². The summed E-state index contributed by atoms with van der Waals surface area (Å²) in [6, 6.07) is 0. The van der Waals surface area contributed by atoms with Crippen molar-refractivity contribution in [2.45, 2.75) is 71.2 Å². The minimum atomic E-state index is -0.495. The van der Waals surface area contributed by atoms with E-state index in [0.717, 1.165) is 0 Å². The molecule has 5 heteroatoms. The summed E-state index contributed by atoms with van der Waals surface area (Å²) in [5.74, 6) is 0. The van der Waals surface area contributed by atoms with Gasteiger partial charge in [-0.25, -0.2) is 4.39 Å². The van der Waals surface area contributed by atoms with Crippen LogP contribution in [0.1, 0.15) is 34.6 Å². The number of hydrogen-bond acceptors (Lipinski definition) is 4. The molecule has 4 nitrogen and oxygen atoms in total. The molecule has 0 aromatic carbocycles. The van der Waals surface area contributed by atoms with Gasteiger partial charge in [-0.2, -0.15) is 0 Å². The van der Waals surface area contributed by atoms with Crippen LogP contribution in [0.2, 0.25) is 0 Å². The summed E-state index contributed by atoms with van der Waals surface area (Å²) < 4.78 is 35.1. The molecule has 1 saturated heterocycles. The van der Waals surface area contributed by atoms with Crippen LogP contribution in [0.25, 0.3) is 0 Å². The molecule has 1 heterocycles. The summed E-state index contributed by atoms with van der Waals surface area (Å²) in [6.07, 6.45) is -0.513. The summed E-state index contributed by atoms with van der Waals surface area (Å²) in [5.41, 5.74) is 0. The molecule has 4 atom stereocenters. The first-order chi connectivity index (χ1) is 8.95. The predicted octanol–water partition coefficient (Wildman–Crippen LogP) is 2.35. The van der Waals surface area contributed by atoms with E-state index in [-0.39, 0.29) is 43.2 Å². The summed E-state index contributed by atoms with van der Waals surface area (Å²) in [7, 11) is 0. The zero-order chi connectivity index (χ0) is 14.4. The van der Waals surface area contributed by atoms with Crippen LogP contribution in [0, 0.1) is 0 Å². The molecule has 1 aliphatic rings. The van der Waals surface area contributed by atoms with Crippen molar-refractivity contribution in [1.29, 1.82) is 0 Å². The molecular weight excluding hydrogens is 251 g/mol. The Morgan fingerprint density at radius 1 is 1.11 bits per heavy atom. The van der Waals surface area contributed by atoms with E-state index in [4.69, 9.17) is 18.9 Å². The molecule has 0 saturated carbocycles. The second-order valence-corrected chi connectivity index (χ2v) is 5.44. The summed E-state index contributed by atoms with van der Waals surface area (Å²) in [6.45, 7) is 9.87. The molecule has 0 radical (unpaired) electrons. The van der Waals surface area contributed by atoms with Crippen LogP contribution in [-0.4, -0.2) is 56.5 Å². The van der Waals surface area contributed by atoms with Crippen LogP contribution < -0.4 is 0 Å². The van der Waals surface area contributed by atoms with Crippen molar-refractivity contribution >= 4 is 0 Å². The Hall–Kier alpha value is -0.230. The maximum absolute atomic E-state index is 12.3. The van der Waals surface area contributed by atoms with E-state index in [1.54, 1.807) is 0 Å². The number of hydrogen-bond donors (Lipinski definition) is 0. The smallest absolute Gasteiger partial charge is 0.115 e. The van der Waals surface area contributed by atoms with E-state index >= 15 is 0 Å². The maximum atomic E-state index is 12.3. The molecule has 0 aromatic rings. The number of halogens is 1. The third kappa shape index (κ3) is 5.34. The van der Waals surface area contributed by atoms with Gasteiger partial charge in [0, 0.05) is 0 Å². The van der Waals surface area contributed by atoms with E-state index in [1.165, 1.54) is 0 Å². The van der Waals surface area contributed by atoms with Gasteiger partial charge in [0.25, 0.3) is 0 Å². The number of alkyl halides is 1. The SMILES string of the molecule is CC(C)OC[C@H]1O[C@@H](C)[C@H](OCCF)[C@@H]1OC(C)C. The normalized spacial score (nSPS) is 31.6. The average molecular weight is 278 g/mol. The molecule has 1 fully saturated rings. The average Bonchev–Trinajstić information content (AvgIpc) is 2.60. The van der Waals surface area contributed by atoms with Gasteiger partial charge in [0.2, 0.25) is 0 Å². The lowest BCUT2D eigenvalue weighted by atomic mass is 10.1. The summed E-state index contributed by atoms with van der Waals surface area (Å²) in [4.78, 5) is 0. The van der Waals surface area contributed by atoms with E-state index < -0.39 is 6.67 Å². The van der Waals surface area contributed by atoms with Gasteiger partial charge in [0.15, 0.2) is 0 Å². The monoisotopic (exact) mass is 278 g/mol. The first-order valence-corrected chi connectivity index (χ1v) is 7.05. The van der Waals surface area contributed by atoms with Gasteiger partial charge in [-0.05, 0) is 34.6 Å². The zero-order valence-corrected chi connectivity index (χ0v) is 12.6. The molecule has 19 heavy (non-hydrogen) atoms. The van der Waals surface area contributed by atoms with Crippen molar-refractivity contribution in [2.75, 3.05) is 19.9 Å². The molecule has 0 aromatic heterocycles. The Balaban J connectivity index is 2.63.